The van der Waals surface area contributed by atoms with E-state index >= 15 is 0 Å². The van der Waals surface area contributed by atoms with E-state index < -0.39 is 0 Å². The van der Waals surface area contributed by atoms with Crippen molar-refractivity contribution in [2.45, 2.75) is 6.42 Å². The fourth-order valence-electron chi connectivity index (χ4n) is 2.55. The molecule has 1 saturated heterocycles. The zero-order valence-corrected chi connectivity index (χ0v) is 10.1. The average Bonchev–Trinajstić information content (AvgIpc) is 2.81. The zero-order valence-electron chi connectivity index (χ0n) is 10.1. The van der Waals surface area contributed by atoms with Gasteiger partial charge in [0.2, 0.25) is 0 Å². The topological polar surface area (TPSA) is 31.1 Å². The van der Waals surface area contributed by atoms with E-state index in [2.05, 4.69) is 45.7 Å². The van der Waals surface area contributed by atoms with Crippen LogP contribution in [0.25, 0.3) is 10.9 Å². The van der Waals surface area contributed by atoms with Crippen LogP contribution in [0, 0.1) is 0 Å². The van der Waals surface area contributed by atoms with Gasteiger partial charge in [-0.2, -0.15) is 0 Å². The molecule has 1 fully saturated rings. The van der Waals surface area contributed by atoms with Crippen LogP contribution in [0.5, 0.6) is 0 Å². The normalized spacial score (nSPS) is 17.6. The second-order valence-electron chi connectivity index (χ2n) is 4.70. The second-order valence-corrected chi connectivity index (χ2v) is 4.70. The number of nitrogens with zero attached hydrogens (tertiary/aromatic N) is 1. The van der Waals surface area contributed by atoms with Crippen LogP contribution in [0.1, 0.15) is 5.56 Å². The van der Waals surface area contributed by atoms with E-state index in [1.807, 2.05) is 0 Å². The molecule has 0 amide bonds. The number of fused-ring (bicyclic) bond motifs is 1. The van der Waals surface area contributed by atoms with Crippen molar-refractivity contribution >= 4 is 10.9 Å². The van der Waals surface area contributed by atoms with Crippen LogP contribution in [0.3, 0.4) is 0 Å². The number of rotatable bonds is 3. The minimum atomic E-state index is 1.13. The molecule has 1 aliphatic rings. The lowest BCUT2D eigenvalue weighted by atomic mass is 10.1. The maximum atomic E-state index is 3.39. The van der Waals surface area contributed by atoms with Gasteiger partial charge in [0.05, 0.1) is 0 Å². The summed E-state index contributed by atoms with van der Waals surface area (Å²) in [6.45, 7) is 5.80. The van der Waals surface area contributed by atoms with Gasteiger partial charge in [-0.3, -0.25) is 0 Å². The summed E-state index contributed by atoms with van der Waals surface area (Å²) >= 11 is 0. The highest BCUT2D eigenvalue weighted by molar-refractivity contribution is 5.83. The van der Waals surface area contributed by atoms with Crippen molar-refractivity contribution in [3.05, 3.63) is 36.0 Å². The minimum Gasteiger partial charge on any atom is -0.361 e. The summed E-state index contributed by atoms with van der Waals surface area (Å²) in [7, 11) is 0. The van der Waals surface area contributed by atoms with Gasteiger partial charge in [-0.25, -0.2) is 0 Å². The molecule has 3 rings (SSSR count). The van der Waals surface area contributed by atoms with Crippen LogP contribution in [0.4, 0.5) is 0 Å². The van der Waals surface area contributed by atoms with E-state index in [0.29, 0.717) is 0 Å². The van der Waals surface area contributed by atoms with Crippen molar-refractivity contribution in [1.29, 1.82) is 0 Å². The first-order chi connectivity index (χ1) is 8.43. The molecule has 0 spiro atoms. The van der Waals surface area contributed by atoms with Gasteiger partial charge in [0, 0.05) is 49.8 Å². The van der Waals surface area contributed by atoms with Crippen molar-refractivity contribution in [3.8, 4) is 0 Å². The van der Waals surface area contributed by atoms with E-state index in [9.17, 15) is 0 Å². The maximum absolute atomic E-state index is 3.39. The molecule has 3 nitrogen and oxygen atoms in total. The lowest BCUT2D eigenvalue weighted by Gasteiger charge is -2.26. The van der Waals surface area contributed by atoms with Crippen LogP contribution in [-0.4, -0.2) is 42.6 Å². The van der Waals surface area contributed by atoms with Crippen molar-refractivity contribution < 1.29 is 0 Å². The molecule has 0 bridgehead atoms. The van der Waals surface area contributed by atoms with Crippen molar-refractivity contribution in [2.75, 3.05) is 32.7 Å². The average molecular weight is 229 g/mol. The Balaban J connectivity index is 1.68. The molecule has 0 atom stereocenters. The van der Waals surface area contributed by atoms with Gasteiger partial charge in [0.15, 0.2) is 0 Å². The second kappa shape index (κ2) is 4.90. The fraction of sp³-hybridized carbons (Fsp3) is 0.429. The number of hydrogen-bond donors (Lipinski definition) is 2. The Labute approximate surface area is 102 Å². The quantitative estimate of drug-likeness (QED) is 0.838. The third kappa shape index (κ3) is 2.35. The standard InChI is InChI=1S/C14H19N3/c1-2-4-14-13(3-1)12(11-16-14)5-8-17-9-6-15-7-10-17/h1-4,11,15-16H,5-10H2. The summed E-state index contributed by atoms with van der Waals surface area (Å²) in [6, 6.07) is 8.55. The monoisotopic (exact) mass is 229 g/mol. The van der Waals surface area contributed by atoms with E-state index in [1.165, 1.54) is 36.1 Å². The molecule has 2 N–H and O–H groups in total. The lowest BCUT2D eigenvalue weighted by Crippen LogP contribution is -2.44. The van der Waals surface area contributed by atoms with E-state index in [0.717, 1.165) is 19.5 Å². The number of benzene rings is 1. The predicted molar refractivity (Wildman–Crippen MR) is 71.3 cm³/mol. The molecule has 2 heterocycles. The molecule has 2 aromatic rings. The van der Waals surface area contributed by atoms with Crippen LogP contribution in [0.15, 0.2) is 30.5 Å². The Morgan fingerprint density at radius 2 is 1.94 bits per heavy atom. The van der Waals surface area contributed by atoms with E-state index in [1.54, 1.807) is 0 Å². The van der Waals surface area contributed by atoms with Gasteiger partial charge in [-0.1, -0.05) is 18.2 Å². The first kappa shape index (κ1) is 10.8. The summed E-state index contributed by atoms with van der Waals surface area (Å²) in [5, 5.41) is 4.77. The van der Waals surface area contributed by atoms with Crippen molar-refractivity contribution in [1.82, 2.24) is 15.2 Å². The minimum absolute atomic E-state index is 1.13. The number of aromatic amines is 1. The van der Waals surface area contributed by atoms with Crippen molar-refractivity contribution in [2.24, 2.45) is 0 Å². The van der Waals surface area contributed by atoms with Crippen LogP contribution in [-0.2, 0) is 6.42 Å². The highest BCUT2D eigenvalue weighted by Gasteiger charge is 2.10. The van der Waals surface area contributed by atoms with Gasteiger partial charge in [-0.05, 0) is 18.1 Å². The third-order valence-corrected chi connectivity index (χ3v) is 3.58. The number of hydrogen-bond acceptors (Lipinski definition) is 2. The zero-order chi connectivity index (χ0) is 11.5. The SMILES string of the molecule is c1ccc2c(CCN3CCNCC3)c[nH]c2c1. The van der Waals surface area contributed by atoms with E-state index in [4.69, 9.17) is 0 Å². The van der Waals surface area contributed by atoms with Crippen molar-refractivity contribution in [3.63, 3.8) is 0 Å². The Morgan fingerprint density at radius 3 is 2.82 bits per heavy atom. The Hall–Kier alpha value is -1.32. The third-order valence-electron chi connectivity index (χ3n) is 3.58. The molecule has 0 saturated carbocycles. The smallest absolute Gasteiger partial charge is 0.0456 e. The summed E-state index contributed by atoms with van der Waals surface area (Å²) < 4.78 is 0. The molecule has 17 heavy (non-hydrogen) atoms. The first-order valence-corrected chi connectivity index (χ1v) is 6.41. The molecular weight excluding hydrogens is 210 g/mol. The van der Waals surface area contributed by atoms with Crippen LogP contribution < -0.4 is 5.32 Å². The van der Waals surface area contributed by atoms with Gasteiger partial charge >= 0.3 is 0 Å². The summed E-state index contributed by atoms with van der Waals surface area (Å²) in [6.07, 6.45) is 3.30. The van der Waals surface area contributed by atoms with Gasteiger partial charge in [0.25, 0.3) is 0 Å². The molecule has 3 heteroatoms. The van der Waals surface area contributed by atoms with Crippen LogP contribution in [0.2, 0.25) is 0 Å². The van der Waals surface area contributed by atoms with E-state index in [-0.39, 0.29) is 0 Å². The van der Waals surface area contributed by atoms with Gasteiger partial charge in [0.1, 0.15) is 0 Å². The first-order valence-electron chi connectivity index (χ1n) is 6.41. The van der Waals surface area contributed by atoms with Crippen LogP contribution >= 0.6 is 0 Å². The molecule has 1 aromatic carbocycles. The Morgan fingerprint density at radius 1 is 1.12 bits per heavy atom. The Kier molecular flexibility index (Phi) is 3.12. The number of H-pyrrole nitrogens is 1. The molecular formula is C14H19N3. The molecule has 1 aromatic heterocycles. The number of para-hydroxylation sites is 1. The lowest BCUT2D eigenvalue weighted by molar-refractivity contribution is 0.244. The summed E-state index contributed by atoms with van der Waals surface area (Å²) in [5.74, 6) is 0. The van der Waals surface area contributed by atoms with Gasteiger partial charge in [-0.15, -0.1) is 0 Å². The number of aromatic nitrogens is 1. The molecule has 0 radical (unpaired) electrons. The maximum Gasteiger partial charge on any atom is 0.0456 e. The summed E-state index contributed by atoms with van der Waals surface area (Å²) in [5.41, 5.74) is 2.70. The predicted octanol–water partition coefficient (Wildman–Crippen LogP) is 1.62. The summed E-state index contributed by atoms with van der Waals surface area (Å²) in [4.78, 5) is 5.88. The highest BCUT2D eigenvalue weighted by Crippen LogP contribution is 2.18. The molecule has 0 unspecified atom stereocenters. The fourth-order valence-corrected chi connectivity index (χ4v) is 2.55. The molecule has 0 aliphatic carbocycles. The Bertz CT molecular complexity index is 483. The molecule has 90 valence electrons. The highest BCUT2D eigenvalue weighted by atomic mass is 15.2. The molecule has 1 aliphatic heterocycles. The largest absolute Gasteiger partial charge is 0.361 e. The van der Waals surface area contributed by atoms with Gasteiger partial charge < -0.3 is 15.2 Å². The number of nitrogens with one attached hydrogen (secondary N) is 2. The number of piperazine rings is 1.